The highest BCUT2D eigenvalue weighted by atomic mass is 32.1. The Hall–Kier alpha value is -0.900. The Morgan fingerprint density at radius 3 is 2.28 bits per heavy atom. The first kappa shape index (κ1) is 11.0. The predicted octanol–water partition coefficient (Wildman–Crippen LogP) is 3.26. The van der Waals surface area contributed by atoms with E-state index in [0.29, 0.717) is 16.5 Å². The van der Waals surface area contributed by atoms with Crippen LogP contribution in [0.4, 0.5) is 5.82 Å². The van der Waals surface area contributed by atoms with E-state index in [1.165, 1.54) is 37.8 Å². The number of hydrogen-bond acceptors (Lipinski definition) is 3. The van der Waals surface area contributed by atoms with Gasteiger partial charge in [0.2, 0.25) is 0 Å². The number of rotatable bonds is 1. The van der Waals surface area contributed by atoms with Gasteiger partial charge in [-0.3, -0.25) is 0 Å². The average Bonchev–Trinajstić information content (AvgIpc) is 2.25. The highest BCUT2D eigenvalue weighted by Gasteiger charge is 2.48. The summed E-state index contributed by atoms with van der Waals surface area (Å²) in [5.41, 5.74) is 7.11. The summed E-state index contributed by atoms with van der Waals surface area (Å²) in [6, 6.07) is 2.02. The molecule has 0 spiro atoms. The van der Waals surface area contributed by atoms with E-state index in [4.69, 9.17) is 18.0 Å². The number of anilines is 1. The van der Waals surface area contributed by atoms with Crippen LogP contribution in [0.25, 0.3) is 0 Å². The molecule has 0 aromatic carbocycles. The van der Waals surface area contributed by atoms with Crippen LogP contribution in [-0.2, 0) is 0 Å². The molecule has 0 amide bonds. The van der Waals surface area contributed by atoms with E-state index >= 15 is 0 Å². The minimum absolute atomic E-state index is 0.541. The lowest BCUT2D eigenvalue weighted by atomic mass is 9.51. The fraction of sp³-hybridized carbons (Fsp3) is 0.714. The van der Waals surface area contributed by atoms with Gasteiger partial charge in [0.1, 0.15) is 5.82 Å². The molecule has 1 aromatic heterocycles. The molecule has 4 saturated carbocycles. The lowest BCUT2D eigenvalue weighted by Gasteiger charge is -2.54. The van der Waals surface area contributed by atoms with Crippen molar-refractivity contribution in [2.24, 2.45) is 23.7 Å². The van der Waals surface area contributed by atoms with Gasteiger partial charge in [-0.2, -0.15) is 0 Å². The van der Waals surface area contributed by atoms with Crippen LogP contribution in [0.3, 0.4) is 0 Å². The number of aromatic amines is 1. The molecule has 1 aromatic rings. The first-order valence-electron chi connectivity index (χ1n) is 7.06. The Balaban J connectivity index is 1.74. The van der Waals surface area contributed by atoms with Crippen molar-refractivity contribution < 1.29 is 0 Å². The second-order valence-electron chi connectivity index (χ2n) is 6.52. The van der Waals surface area contributed by atoms with Crippen LogP contribution in [0.1, 0.15) is 43.7 Å². The summed E-state index contributed by atoms with van der Waals surface area (Å²) in [6.07, 6.45) is 7.16. The van der Waals surface area contributed by atoms with E-state index in [0.717, 1.165) is 23.7 Å². The van der Waals surface area contributed by atoms with Gasteiger partial charge in [-0.1, -0.05) is 0 Å². The molecule has 0 saturated heterocycles. The normalized spacial score (nSPS) is 41.2. The molecule has 0 aliphatic heterocycles. The summed E-state index contributed by atoms with van der Waals surface area (Å²) in [6.45, 7) is 0. The van der Waals surface area contributed by atoms with Crippen molar-refractivity contribution in [2.75, 3.05) is 5.73 Å². The highest BCUT2D eigenvalue weighted by molar-refractivity contribution is 7.71. The summed E-state index contributed by atoms with van der Waals surface area (Å²) in [5, 5.41) is 0. The van der Waals surface area contributed by atoms with Crippen molar-refractivity contribution in [2.45, 2.75) is 38.0 Å². The van der Waals surface area contributed by atoms with E-state index in [2.05, 4.69) is 9.97 Å². The number of H-pyrrole nitrogens is 1. The summed E-state index contributed by atoms with van der Waals surface area (Å²) in [7, 11) is 0. The molecule has 4 heteroatoms. The summed E-state index contributed by atoms with van der Waals surface area (Å²) < 4.78 is 0.541. The van der Waals surface area contributed by atoms with Crippen molar-refractivity contribution in [3.05, 3.63) is 16.5 Å². The molecule has 18 heavy (non-hydrogen) atoms. The minimum atomic E-state index is 0.541. The zero-order chi connectivity index (χ0) is 12.3. The number of nitrogen functional groups attached to an aromatic ring is 1. The molecule has 96 valence electrons. The smallest absolute Gasteiger partial charge is 0.198 e. The maximum Gasteiger partial charge on any atom is 0.198 e. The molecule has 0 atom stereocenters. The molecule has 4 fully saturated rings. The molecule has 4 aliphatic carbocycles. The largest absolute Gasteiger partial charge is 0.384 e. The second-order valence-corrected chi connectivity index (χ2v) is 6.91. The van der Waals surface area contributed by atoms with Crippen LogP contribution in [0, 0.1) is 28.4 Å². The van der Waals surface area contributed by atoms with E-state index in [9.17, 15) is 0 Å². The van der Waals surface area contributed by atoms with E-state index < -0.39 is 0 Å². The number of nitrogens with zero attached hydrogens (tertiary/aromatic N) is 1. The van der Waals surface area contributed by atoms with E-state index in [1.807, 2.05) is 6.07 Å². The fourth-order valence-corrected chi connectivity index (χ4v) is 5.33. The molecule has 0 unspecified atom stereocenters. The zero-order valence-electron chi connectivity index (χ0n) is 10.4. The van der Waals surface area contributed by atoms with Crippen LogP contribution in [0.5, 0.6) is 0 Å². The fourth-order valence-electron chi connectivity index (χ4n) is 5.11. The number of hydrogen-bond donors (Lipinski definition) is 2. The van der Waals surface area contributed by atoms with E-state index in [1.54, 1.807) is 0 Å². The van der Waals surface area contributed by atoms with Crippen LogP contribution in [-0.4, -0.2) is 9.97 Å². The van der Waals surface area contributed by atoms with Gasteiger partial charge in [0, 0.05) is 11.6 Å². The topological polar surface area (TPSA) is 54.7 Å². The number of aromatic nitrogens is 2. The maximum absolute atomic E-state index is 5.85. The molecule has 4 aliphatic rings. The Kier molecular flexibility index (Phi) is 2.31. The van der Waals surface area contributed by atoms with Crippen molar-refractivity contribution in [1.29, 1.82) is 0 Å². The molecular formula is C14H19N3S. The lowest BCUT2D eigenvalue weighted by Crippen LogP contribution is -2.44. The van der Waals surface area contributed by atoms with Gasteiger partial charge >= 0.3 is 0 Å². The second kappa shape index (κ2) is 3.80. The highest BCUT2D eigenvalue weighted by Crippen LogP contribution is 2.59. The van der Waals surface area contributed by atoms with Gasteiger partial charge < -0.3 is 10.7 Å². The van der Waals surface area contributed by atoms with Crippen molar-refractivity contribution in [3.63, 3.8) is 0 Å². The molecule has 4 bridgehead atoms. The molecule has 0 radical (unpaired) electrons. The molecule has 5 rings (SSSR count). The first-order valence-corrected chi connectivity index (χ1v) is 7.46. The molecular weight excluding hydrogens is 242 g/mol. The maximum atomic E-state index is 5.85. The van der Waals surface area contributed by atoms with Crippen LogP contribution in [0.15, 0.2) is 6.07 Å². The molecule has 1 heterocycles. The Morgan fingerprint density at radius 1 is 1.11 bits per heavy atom. The van der Waals surface area contributed by atoms with Gasteiger partial charge in [-0.15, -0.1) is 0 Å². The van der Waals surface area contributed by atoms with E-state index in [-0.39, 0.29) is 0 Å². The molecule has 3 nitrogen and oxygen atoms in total. The average molecular weight is 261 g/mol. The van der Waals surface area contributed by atoms with Gasteiger partial charge in [0.25, 0.3) is 0 Å². The van der Waals surface area contributed by atoms with Crippen molar-refractivity contribution in [1.82, 2.24) is 9.97 Å². The van der Waals surface area contributed by atoms with Crippen molar-refractivity contribution in [3.8, 4) is 0 Å². The van der Waals surface area contributed by atoms with Gasteiger partial charge in [-0.25, -0.2) is 4.98 Å². The minimum Gasteiger partial charge on any atom is -0.384 e. The Labute approximate surface area is 112 Å². The monoisotopic (exact) mass is 261 g/mol. The van der Waals surface area contributed by atoms with Crippen LogP contribution >= 0.6 is 12.2 Å². The summed E-state index contributed by atoms with van der Waals surface area (Å²) in [5.74, 6) is 4.95. The Bertz CT molecular complexity index is 508. The van der Waals surface area contributed by atoms with Crippen LogP contribution < -0.4 is 5.73 Å². The summed E-state index contributed by atoms with van der Waals surface area (Å²) >= 11 is 5.17. The lowest BCUT2D eigenvalue weighted by molar-refractivity contribution is -0.00419. The third kappa shape index (κ3) is 1.62. The predicted molar refractivity (Wildman–Crippen MR) is 73.6 cm³/mol. The van der Waals surface area contributed by atoms with Crippen molar-refractivity contribution >= 4 is 18.0 Å². The molecule has 3 N–H and O–H groups in total. The number of nitrogens with one attached hydrogen (secondary N) is 1. The summed E-state index contributed by atoms with van der Waals surface area (Å²) in [4.78, 5) is 7.38. The number of nitrogens with two attached hydrogens (primary N) is 1. The Morgan fingerprint density at radius 2 is 1.72 bits per heavy atom. The quantitative estimate of drug-likeness (QED) is 0.763. The SMILES string of the molecule is Nc1cc(C2C3CC4CC(C3)CC2C4)[nH]c(=S)n1. The third-order valence-electron chi connectivity index (χ3n) is 5.37. The van der Waals surface area contributed by atoms with Crippen LogP contribution in [0.2, 0.25) is 0 Å². The van der Waals surface area contributed by atoms with Gasteiger partial charge in [0.05, 0.1) is 0 Å². The standard InChI is InChI=1S/C14H19N3S/c15-12-6-11(16-14(18)17-12)13-9-2-7-1-8(4-9)5-10(13)3-7/h6-10,13H,1-5H2,(H3,15,16,17,18). The zero-order valence-corrected chi connectivity index (χ0v) is 11.2. The first-order chi connectivity index (χ1) is 8.69. The van der Waals surface area contributed by atoms with Gasteiger partial charge in [-0.05, 0) is 74.1 Å². The third-order valence-corrected chi connectivity index (χ3v) is 5.56. The van der Waals surface area contributed by atoms with Gasteiger partial charge in [0.15, 0.2) is 4.77 Å².